The molecule has 0 heterocycles. The molecular formula is C12H16N2O4S. The van der Waals surface area contributed by atoms with E-state index in [-0.39, 0.29) is 22.2 Å². The lowest BCUT2D eigenvalue weighted by Crippen LogP contribution is -2.27. The van der Waals surface area contributed by atoms with Crippen LogP contribution in [0.2, 0.25) is 0 Å². The van der Waals surface area contributed by atoms with E-state index in [1.54, 1.807) is 19.9 Å². The molecule has 1 fully saturated rings. The van der Waals surface area contributed by atoms with Gasteiger partial charge in [-0.15, -0.1) is 0 Å². The molecule has 0 aliphatic heterocycles. The van der Waals surface area contributed by atoms with Gasteiger partial charge < -0.3 is 0 Å². The predicted octanol–water partition coefficient (Wildman–Crippen LogP) is 1.96. The Bertz CT molecular complexity index is 648. The summed E-state index contributed by atoms with van der Waals surface area (Å²) in [5.41, 5.74) is 1.09. The third kappa shape index (κ3) is 2.62. The Kier molecular flexibility index (Phi) is 3.36. The van der Waals surface area contributed by atoms with Gasteiger partial charge in [0.1, 0.15) is 0 Å². The van der Waals surface area contributed by atoms with Gasteiger partial charge in [0.05, 0.1) is 9.82 Å². The van der Waals surface area contributed by atoms with Crippen molar-refractivity contribution in [3.63, 3.8) is 0 Å². The van der Waals surface area contributed by atoms with E-state index in [0.717, 1.165) is 12.8 Å². The Hall–Kier alpha value is -1.47. The number of aryl methyl sites for hydroxylation is 2. The molecule has 1 aliphatic rings. The van der Waals surface area contributed by atoms with Gasteiger partial charge in [-0.3, -0.25) is 10.1 Å². The van der Waals surface area contributed by atoms with Crippen LogP contribution in [0, 0.1) is 30.9 Å². The van der Waals surface area contributed by atoms with Crippen molar-refractivity contribution >= 4 is 15.7 Å². The number of benzene rings is 1. The summed E-state index contributed by atoms with van der Waals surface area (Å²) in [6, 6.07) is 1.52. The number of nitro groups is 1. The molecule has 0 bridgehead atoms. The van der Waals surface area contributed by atoms with Crippen molar-refractivity contribution in [1.82, 2.24) is 4.72 Å². The van der Waals surface area contributed by atoms with Gasteiger partial charge in [0.15, 0.2) is 0 Å². The molecule has 19 heavy (non-hydrogen) atoms. The van der Waals surface area contributed by atoms with Gasteiger partial charge in [0.2, 0.25) is 10.0 Å². The van der Waals surface area contributed by atoms with Crippen LogP contribution >= 0.6 is 0 Å². The van der Waals surface area contributed by atoms with Crippen molar-refractivity contribution in [2.45, 2.75) is 44.6 Å². The zero-order valence-electron chi connectivity index (χ0n) is 11.1. The minimum atomic E-state index is -3.69. The first-order valence-electron chi connectivity index (χ1n) is 6.01. The molecule has 0 spiro atoms. The maximum atomic E-state index is 12.3. The van der Waals surface area contributed by atoms with Crippen LogP contribution in [0.25, 0.3) is 0 Å². The van der Waals surface area contributed by atoms with Gasteiger partial charge in [-0.2, -0.15) is 0 Å². The SMILES string of the molecule is Cc1cc(C)c(S(=O)(=O)NC2CC2)c(C)c1[N+](=O)[O-]. The lowest BCUT2D eigenvalue weighted by atomic mass is 10.1. The molecule has 1 N–H and O–H groups in total. The average molecular weight is 284 g/mol. The van der Waals surface area contributed by atoms with Crippen molar-refractivity contribution in [3.05, 3.63) is 32.9 Å². The number of hydrogen-bond donors (Lipinski definition) is 1. The second-order valence-corrected chi connectivity index (χ2v) is 6.62. The third-order valence-corrected chi connectivity index (χ3v) is 5.02. The van der Waals surface area contributed by atoms with Crippen molar-refractivity contribution in [1.29, 1.82) is 0 Å². The quantitative estimate of drug-likeness (QED) is 0.676. The van der Waals surface area contributed by atoms with E-state index in [1.807, 2.05) is 0 Å². The molecule has 7 heteroatoms. The highest BCUT2D eigenvalue weighted by atomic mass is 32.2. The van der Waals surface area contributed by atoms with E-state index in [4.69, 9.17) is 0 Å². The largest absolute Gasteiger partial charge is 0.276 e. The van der Waals surface area contributed by atoms with Crippen molar-refractivity contribution in [3.8, 4) is 0 Å². The van der Waals surface area contributed by atoms with Crippen molar-refractivity contribution < 1.29 is 13.3 Å². The van der Waals surface area contributed by atoms with Gasteiger partial charge in [-0.05, 0) is 45.2 Å². The first-order valence-corrected chi connectivity index (χ1v) is 7.50. The molecule has 1 aromatic carbocycles. The molecule has 0 unspecified atom stereocenters. The lowest BCUT2D eigenvalue weighted by Gasteiger charge is -2.13. The number of nitrogens with one attached hydrogen (secondary N) is 1. The smallest absolute Gasteiger partial charge is 0.258 e. The normalized spacial score (nSPS) is 15.5. The van der Waals surface area contributed by atoms with Gasteiger partial charge in [0, 0.05) is 17.2 Å². The standard InChI is InChI=1S/C12H16N2O4S/c1-7-6-8(2)12(9(3)11(7)14(15)16)19(17,18)13-10-4-5-10/h6,10,13H,4-5H2,1-3H3. The minimum absolute atomic E-state index is 0.0239. The maximum absolute atomic E-state index is 12.3. The van der Waals surface area contributed by atoms with Crippen LogP contribution in [-0.2, 0) is 10.0 Å². The van der Waals surface area contributed by atoms with Crippen LogP contribution in [0.4, 0.5) is 5.69 Å². The molecule has 0 atom stereocenters. The van der Waals surface area contributed by atoms with Crippen LogP contribution in [0.5, 0.6) is 0 Å². The summed E-state index contributed by atoms with van der Waals surface area (Å²) in [6.07, 6.45) is 1.65. The van der Waals surface area contributed by atoms with E-state index >= 15 is 0 Å². The summed E-state index contributed by atoms with van der Waals surface area (Å²) in [5, 5.41) is 11.1. The first kappa shape index (κ1) is 14.0. The average Bonchev–Trinajstić information content (AvgIpc) is 2.97. The van der Waals surface area contributed by atoms with Crippen molar-refractivity contribution in [2.75, 3.05) is 0 Å². The Morgan fingerprint density at radius 1 is 1.26 bits per heavy atom. The van der Waals surface area contributed by atoms with Gasteiger partial charge in [-0.25, -0.2) is 13.1 Å². The Morgan fingerprint density at radius 2 is 1.84 bits per heavy atom. The molecule has 2 rings (SSSR count). The lowest BCUT2D eigenvalue weighted by molar-refractivity contribution is -0.386. The molecule has 0 radical (unpaired) electrons. The summed E-state index contributed by atoms with van der Waals surface area (Å²) in [5.74, 6) is 0. The predicted molar refractivity (Wildman–Crippen MR) is 70.7 cm³/mol. The zero-order valence-corrected chi connectivity index (χ0v) is 11.9. The van der Waals surface area contributed by atoms with E-state index in [1.165, 1.54) is 6.92 Å². The van der Waals surface area contributed by atoms with E-state index in [9.17, 15) is 18.5 Å². The fourth-order valence-electron chi connectivity index (χ4n) is 2.33. The minimum Gasteiger partial charge on any atom is -0.258 e. The highest BCUT2D eigenvalue weighted by molar-refractivity contribution is 7.89. The highest BCUT2D eigenvalue weighted by Crippen LogP contribution is 2.32. The number of sulfonamides is 1. The highest BCUT2D eigenvalue weighted by Gasteiger charge is 2.32. The summed E-state index contributed by atoms with van der Waals surface area (Å²) in [7, 11) is -3.69. The summed E-state index contributed by atoms with van der Waals surface area (Å²) >= 11 is 0. The number of nitro benzene ring substituents is 1. The Morgan fingerprint density at radius 3 is 2.32 bits per heavy atom. The maximum Gasteiger partial charge on any atom is 0.276 e. The molecular weight excluding hydrogens is 268 g/mol. The summed E-state index contributed by atoms with van der Waals surface area (Å²) in [6.45, 7) is 4.76. The second kappa shape index (κ2) is 4.57. The Labute approximate surface area is 112 Å². The topological polar surface area (TPSA) is 89.3 Å². The van der Waals surface area contributed by atoms with Crippen LogP contribution in [0.15, 0.2) is 11.0 Å². The fourth-order valence-corrected chi connectivity index (χ4v) is 4.11. The first-order chi connectivity index (χ1) is 8.74. The van der Waals surface area contributed by atoms with E-state index in [0.29, 0.717) is 11.1 Å². The van der Waals surface area contributed by atoms with Gasteiger partial charge in [-0.1, -0.05) is 0 Å². The zero-order chi connectivity index (χ0) is 14.4. The second-order valence-electron chi connectivity index (χ2n) is 4.97. The van der Waals surface area contributed by atoms with Crippen LogP contribution in [-0.4, -0.2) is 19.4 Å². The molecule has 0 saturated heterocycles. The van der Waals surface area contributed by atoms with Gasteiger partial charge >= 0.3 is 0 Å². The Balaban J connectivity index is 2.62. The number of rotatable bonds is 4. The summed E-state index contributed by atoms with van der Waals surface area (Å²) in [4.78, 5) is 10.6. The molecule has 1 saturated carbocycles. The third-order valence-electron chi connectivity index (χ3n) is 3.21. The molecule has 6 nitrogen and oxygen atoms in total. The number of nitrogens with zero attached hydrogens (tertiary/aromatic N) is 1. The molecule has 0 amide bonds. The van der Waals surface area contributed by atoms with E-state index < -0.39 is 14.9 Å². The molecule has 104 valence electrons. The van der Waals surface area contributed by atoms with Crippen LogP contribution < -0.4 is 4.72 Å². The van der Waals surface area contributed by atoms with Crippen LogP contribution in [0.1, 0.15) is 29.5 Å². The monoisotopic (exact) mass is 284 g/mol. The van der Waals surface area contributed by atoms with Gasteiger partial charge in [0.25, 0.3) is 5.69 Å². The van der Waals surface area contributed by atoms with Crippen molar-refractivity contribution in [2.24, 2.45) is 0 Å². The number of hydrogen-bond acceptors (Lipinski definition) is 4. The molecule has 1 aliphatic carbocycles. The summed E-state index contributed by atoms with van der Waals surface area (Å²) < 4.78 is 27.1. The fraction of sp³-hybridized carbons (Fsp3) is 0.500. The molecule has 1 aromatic rings. The van der Waals surface area contributed by atoms with E-state index in [2.05, 4.69) is 4.72 Å². The molecule has 0 aromatic heterocycles. The van der Waals surface area contributed by atoms with Crippen LogP contribution in [0.3, 0.4) is 0 Å².